The van der Waals surface area contributed by atoms with E-state index in [1.54, 1.807) is 4.90 Å². The highest BCUT2D eigenvalue weighted by Gasteiger charge is 2.23. The Morgan fingerprint density at radius 3 is 2.59 bits per heavy atom. The van der Waals surface area contributed by atoms with Gasteiger partial charge in [0.25, 0.3) is 12.4 Å². The number of hydrogen-bond acceptors (Lipinski definition) is 6. The van der Waals surface area contributed by atoms with Crippen LogP contribution in [0.4, 0.5) is 0 Å². The van der Waals surface area contributed by atoms with Crippen LogP contribution in [-0.4, -0.2) is 78.3 Å². The topological polar surface area (TPSA) is 92.2 Å². The molecular weight excluding hydrogens is 410 g/mol. The van der Waals surface area contributed by atoms with Gasteiger partial charge >= 0.3 is 0 Å². The number of morpholine rings is 1. The van der Waals surface area contributed by atoms with Crippen molar-refractivity contribution in [1.29, 1.82) is 0 Å². The second-order valence-electron chi connectivity index (χ2n) is 7.95. The van der Waals surface area contributed by atoms with Gasteiger partial charge in [0.15, 0.2) is 6.61 Å². The number of aromatic nitrogens is 1. The zero-order valence-corrected chi connectivity index (χ0v) is 18.3. The molecule has 1 aromatic heterocycles. The molecule has 1 aromatic carbocycles. The van der Waals surface area contributed by atoms with Crippen LogP contribution >= 0.6 is 0 Å². The normalized spacial score (nSPS) is 18.5. The van der Waals surface area contributed by atoms with E-state index in [-0.39, 0.29) is 19.0 Å². The fraction of sp³-hybridized carbons (Fsp3) is 0.458. The zero-order chi connectivity index (χ0) is 22.6. The van der Waals surface area contributed by atoms with Crippen molar-refractivity contribution in [3.63, 3.8) is 0 Å². The molecule has 172 valence electrons. The standard InChI is InChI=1S/C23H29N3O3.CH2O2/c27-23(26-11-13-28-14-12-26)18-29-22-6-4-19(5-7-22)16-25-10-8-20(17-25)15-21-3-1-2-9-24-21;2-1-3/h1-7,9,20H,8,10-18H2;1H,(H,2,3). The Hall–Kier alpha value is -2.97. The summed E-state index contributed by atoms with van der Waals surface area (Å²) in [6, 6.07) is 14.3. The first-order chi connectivity index (χ1) is 15.7. The van der Waals surface area contributed by atoms with Gasteiger partial charge in [-0.15, -0.1) is 0 Å². The lowest BCUT2D eigenvalue weighted by molar-refractivity contribution is -0.137. The van der Waals surface area contributed by atoms with E-state index in [1.165, 1.54) is 17.7 Å². The quantitative estimate of drug-likeness (QED) is 0.658. The largest absolute Gasteiger partial charge is 0.484 e. The maximum Gasteiger partial charge on any atom is 0.290 e. The van der Waals surface area contributed by atoms with Crippen molar-refractivity contribution >= 4 is 12.4 Å². The van der Waals surface area contributed by atoms with E-state index in [4.69, 9.17) is 19.4 Å². The molecule has 32 heavy (non-hydrogen) atoms. The van der Waals surface area contributed by atoms with E-state index in [9.17, 15) is 4.79 Å². The minimum Gasteiger partial charge on any atom is -0.484 e. The molecule has 0 bridgehead atoms. The molecule has 1 unspecified atom stereocenters. The molecule has 2 aliphatic heterocycles. The third-order valence-corrected chi connectivity index (χ3v) is 5.65. The van der Waals surface area contributed by atoms with Gasteiger partial charge in [-0.2, -0.15) is 0 Å². The second kappa shape index (κ2) is 12.8. The number of amides is 1. The Labute approximate surface area is 188 Å². The van der Waals surface area contributed by atoms with E-state index in [0.717, 1.165) is 31.8 Å². The van der Waals surface area contributed by atoms with Crippen LogP contribution in [0.2, 0.25) is 0 Å². The van der Waals surface area contributed by atoms with Crippen molar-refractivity contribution in [2.75, 3.05) is 46.0 Å². The van der Waals surface area contributed by atoms with Gasteiger partial charge in [-0.05, 0) is 55.1 Å². The molecule has 4 rings (SSSR count). The first-order valence-corrected chi connectivity index (χ1v) is 11.0. The molecule has 8 heteroatoms. The van der Waals surface area contributed by atoms with Crippen molar-refractivity contribution in [1.82, 2.24) is 14.8 Å². The van der Waals surface area contributed by atoms with Gasteiger partial charge in [0.2, 0.25) is 0 Å². The fourth-order valence-electron chi connectivity index (χ4n) is 4.04. The first-order valence-electron chi connectivity index (χ1n) is 11.0. The monoisotopic (exact) mass is 441 g/mol. The Morgan fingerprint density at radius 2 is 1.91 bits per heavy atom. The Morgan fingerprint density at radius 1 is 1.16 bits per heavy atom. The number of rotatable bonds is 7. The Bertz CT molecular complexity index is 825. The number of benzene rings is 1. The first kappa shape index (κ1) is 23.7. The summed E-state index contributed by atoms with van der Waals surface area (Å²) in [5.74, 6) is 1.44. The summed E-state index contributed by atoms with van der Waals surface area (Å²) in [6.45, 7) is 5.55. The van der Waals surface area contributed by atoms with Crippen molar-refractivity contribution in [2.45, 2.75) is 19.4 Å². The summed E-state index contributed by atoms with van der Waals surface area (Å²) in [5, 5.41) is 6.89. The second-order valence-corrected chi connectivity index (χ2v) is 7.95. The lowest BCUT2D eigenvalue weighted by Gasteiger charge is -2.26. The molecule has 0 aliphatic carbocycles. The van der Waals surface area contributed by atoms with Crippen LogP contribution < -0.4 is 4.74 Å². The number of carbonyl (C=O) groups is 2. The SMILES string of the molecule is O=C(COc1ccc(CN2CCC(Cc3ccccn3)C2)cc1)N1CCOCC1.O=CO. The molecule has 1 atom stereocenters. The molecule has 0 saturated carbocycles. The zero-order valence-electron chi connectivity index (χ0n) is 18.3. The van der Waals surface area contributed by atoms with Gasteiger partial charge in [-0.3, -0.25) is 19.5 Å². The number of likely N-dealkylation sites (tertiary alicyclic amines) is 1. The predicted molar refractivity (Wildman–Crippen MR) is 119 cm³/mol. The van der Waals surface area contributed by atoms with Gasteiger partial charge in [0.05, 0.1) is 13.2 Å². The minimum atomic E-state index is -0.250. The summed E-state index contributed by atoms with van der Waals surface area (Å²) in [7, 11) is 0. The number of carbonyl (C=O) groups excluding carboxylic acids is 1. The molecule has 2 aliphatic rings. The van der Waals surface area contributed by atoms with E-state index < -0.39 is 0 Å². The maximum absolute atomic E-state index is 12.2. The van der Waals surface area contributed by atoms with Gasteiger partial charge < -0.3 is 19.5 Å². The molecule has 0 radical (unpaired) electrons. The summed E-state index contributed by atoms with van der Waals surface area (Å²) in [5.41, 5.74) is 2.46. The van der Waals surface area contributed by atoms with Crippen LogP contribution in [0.25, 0.3) is 0 Å². The summed E-state index contributed by atoms with van der Waals surface area (Å²) >= 11 is 0. The maximum atomic E-state index is 12.2. The predicted octanol–water partition coefficient (Wildman–Crippen LogP) is 2.08. The van der Waals surface area contributed by atoms with E-state index in [0.29, 0.717) is 32.2 Å². The molecule has 2 fully saturated rings. The van der Waals surface area contributed by atoms with Crippen LogP contribution in [0.1, 0.15) is 17.7 Å². The number of ether oxygens (including phenoxy) is 2. The molecule has 2 saturated heterocycles. The highest BCUT2D eigenvalue weighted by atomic mass is 16.5. The molecule has 3 heterocycles. The number of nitrogens with zero attached hydrogens (tertiary/aromatic N) is 3. The van der Waals surface area contributed by atoms with E-state index in [1.807, 2.05) is 24.4 Å². The smallest absolute Gasteiger partial charge is 0.290 e. The van der Waals surface area contributed by atoms with Crippen molar-refractivity contribution in [2.24, 2.45) is 5.92 Å². The average Bonchev–Trinajstić information content (AvgIpc) is 3.27. The van der Waals surface area contributed by atoms with Crippen LogP contribution in [0.15, 0.2) is 48.7 Å². The van der Waals surface area contributed by atoms with Crippen LogP contribution in [0.3, 0.4) is 0 Å². The van der Waals surface area contributed by atoms with Crippen molar-refractivity contribution in [3.8, 4) is 5.75 Å². The third kappa shape index (κ3) is 7.62. The molecule has 0 spiro atoms. The van der Waals surface area contributed by atoms with Gasteiger partial charge in [0.1, 0.15) is 5.75 Å². The molecular formula is C24H31N3O5. The van der Waals surface area contributed by atoms with Crippen molar-refractivity contribution < 1.29 is 24.2 Å². The van der Waals surface area contributed by atoms with Gasteiger partial charge in [0, 0.05) is 38.1 Å². The summed E-state index contributed by atoms with van der Waals surface area (Å²) in [6.07, 6.45) is 4.16. The summed E-state index contributed by atoms with van der Waals surface area (Å²) < 4.78 is 11.0. The Balaban J connectivity index is 0.000000913. The number of pyridine rings is 1. The van der Waals surface area contributed by atoms with Crippen LogP contribution in [-0.2, 0) is 27.3 Å². The van der Waals surface area contributed by atoms with E-state index >= 15 is 0 Å². The number of hydrogen-bond donors (Lipinski definition) is 1. The average molecular weight is 442 g/mol. The lowest BCUT2D eigenvalue weighted by atomic mass is 10.0. The van der Waals surface area contributed by atoms with E-state index in [2.05, 4.69) is 34.1 Å². The van der Waals surface area contributed by atoms with Crippen molar-refractivity contribution in [3.05, 3.63) is 59.9 Å². The third-order valence-electron chi connectivity index (χ3n) is 5.65. The molecule has 8 nitrogen and oxygen atoms in total. The van der Waals surface area contributed by atoms with Crippen LogP contribution in [0.5, 0.6) is 5.75 Å². The molecule has 2 aromatic rings. The molecule has 1 N–H and O–H groups in total. The minimum absolute atomic E-state index is 0.0217. The fourth-order valence-corrected chi connectivity index (χ4v) is 4.04. The highest BCUT2D eigenvalue weighted by molar-refractivity contribution is 5.77. The van der Waals surface area contributed by atoms with Crippen LogP contribution in [0, 0.1) is 5.92 Å². The Kier molecular flexibility index (Phi) is 9.46. The lowest BCUT2D eigenvalue weighted by Crippen LogP contribution is -2.42. The summed E-state index contributed by atoms with van der Waals surface area (Å²) in [4.78, 5) is 29.3. The van der Waals surface area contributed by atoms with Gasteiger partial charge in [-0.25, -0.2) is 0 Å². The molecule has 1 amide bonds. The highest BCUT2D eigenvalue weighted by Crippen LogP contribution is 2.22. The van der Waals surface area contributed by atoms with Gasteiger partial charge in [-0.1, -0.05) is 18.2 Å². The number of carboxylic acid groups (broad SMARTS) is 1.